The van der Waals surface area contributed by atoms with Crippen molar-refractivity contribution in [2.75, 3.05) is 4.90 Å². The van der Waals surface area contributed by atoms with E-state index < -0.39 is 5.54 Å². The Morgan fingerprint density at radius 3 is 2.40 bits per heavy atom. The van der Waals surface area contributed by atoms with E-state index in [0.717, 1.165) is 34.2 Å². The average molecular weight is 562 g/mol. The van der Waals surface area contributed by atoms with Gasteiger partial charge in [0.1, 0.15) is 0 Å². The maximum atomic E-state index is 5.51. The lowest BCUT2D eigenvalue weighted by atomic mass is 9.68. The van der Waals surface area contributed by atoms with Crippen LogP contribution in [0.1, 0.15) is 43.5 Å². The minimum atomic E-state index is -0.406. The van der Waals surface area contributed by atoms with Crippen LogP contribution in [0.4, 0.5) is 11.6 Å². The predicted molar refractivity (Wildman–Crippen MR) is 175 cm³/mol. The Kier molecular flexibility index (Phi) is 5.61. The molecule has 0 bridgehead atoms. The van der Waals surface area contributed by atoms with Crippen molar-refractivity contribution in [2.24, 2.45) is 5.41 Å². The van der Waals surface area contributed by atoms with Crippen LogP contribution in [0.5, 0.6) is 0 Å². The second kappa shape index (κ2) is 9.30. The van der Waals surface area contributed by atoms with Crippen LogP contribution in [0.25, 0.3) is 28.1 Å². The summed E-state index contributed by atoms with van der Waals surface area (Å²) in [5.41, 5.74) is 6.14. The Hall–Kier alpha value is -4.41. The van der Waals surface area contributed by atoms with Crippen molar-refractivity contribution in [3.63, 3.8) is 0 Å². The molecule has 0 amide bonds. The fourth-order valence-electron chi connectivity index (χ4n) is 6.86. The van der Waals surface area contributed by atoms with Crippen molar-refractivity contribution in [1.29, 1.82) is 0 Å². The number of anilines is 2. The van der Waals surface area contributed by atoms with E-state index in [4.69, 9.17) is 9.97 Å². The van der Waals surface area contributed by atoms with Crippen LogP contribution in [-0.2, 0) is 5.54 Å². The Bertz CT molecular complexity index is 1980. The molecule has 2 heterocycles. The first-order chi connectivity index (χ1) is 20.4. The minimum absolute atomic E-state index is 0.116. The number of hydrogen-bond donors (Lipinski definition) is 0. The zero-order valence-electron chi connectivity index (χ0n) is 24.0. The lowest BCUT2D eigenvalue weighted by Gasteiger charge is -2.41. The van der Waals surface area contributed by atoms with Crippen molar-refractivity contribution in [1.82, 2.24) is 9.97 Å². The number of allylic oxidation sites excluding steroid dienone is 5. The van der Waals surface area contributed by atoms with E-state index in [9.17, 15) is 0 Å². The summed E-state index contributed by atoms with van der Waals surface area (Å²) < 4.78 is 0. The maximum absolute atomic E-state index is 5.51. The zero-order valence-corrected chi connectivity index (χ0v) is 24.8. The van der Waals surface area contributed by atoms with E-state index in [-0.39, 0.29) is 11.3 Å². The highest BCUT2D eigenvalue weighted by Crippen LogP contribution is 2.53. The van der Waals surface area contributed by atoms with Crippen molar-refractivity contribution < 1.29 is 0 Å². The molecule has 0 N–H and O–H groups in total. The molecule has 2 unspecified atom stereocenters. The lowest BCUT2D eigenvalue weighted by Crippen LogP contribution is -2.40. The van der Waals surface area contributed by atoms with Gasteiger partial charge in [-0.3, -0.25) is 4.90 Å². The van der Waals surface area contributed by atoms with E-state index in [1.54, 1.807) is 0 Å². The predicted octanol–water partition coefficient (Wildman–Crippen LogP) is 10.1. The Balaban J connectivity index is 1.46. The number of benzene rings is 4. The second-order valence-corrected chi connectivity index (χ2v) is 13.2. The maximum Gasteiger partial charge on any atom is 0.231 e. The molecule has 0 saturated carbocycles. The molecule has 0 spiro atoms. The van der Waals surface area contributed by atoms with Gasteiger partial charge in [-0.15, -0.1) is 0 Å². The first-order valence-electron chi connectivity index (χ1n) is 14.6. The summed E-state index contributed by atoms with van der Waals surface area (Å²) in [4.78, 5) is 15.9. The molecule has 3 aliphatic rings. The zero-order chi connectivity index (χ0) is 28.5. The summed E-state index contributed by atoms with van der Waals surface area (Å²) in [7, 11) is 0. The van der Waals surface area contributed by atoms with Gasteiger partial charge in [-0.25, -0.2) is 9.97 Å². The molecule has 0 fully saturated rings. The summed E-state index contributed by atoms with van der Waals surface area (Å²) in [5.74, 6) is 0.844. The first-order valence-corrected chi connectivity index (χ1v) is 15.4. The molecule has 4 aromatic carbocycles. The van der Waals surface area contributed by atoms with Crippen molar-refractivity contribution in [3.8, 4) is 11.3 Å². The number of fused-ring (bicyclic) bond motifs is 6. The molecule has 5 aromatic rings. The van der Waals surface area contributed by atoms with Gasteiger partial charge in [0.2, 0.25) is 5.95 Å². The lowest BCUT2D eigenvalue weighted by molar-refractivity contribution is 0.467. The summed E-state index contributed by atoms with van der Waals surface area (Å²) >= 11 is 1.82. The number of para-hydroxylation sites is 1. The fraction of sp³-hybridized carbons (Fsp3) is 0.158. The minimum Gasteiger partial charge on any atom is -0.300 e. The van der Waals surface area contributed by atoms with Gasteiger partial charge in [-0.05, 0) is 48.4 Å². The molecule has 4 heteroatoms. The van der Waals surface area contributed by atoms with E-state index in [1.807, 2.05) is 11.8 Å². The van der Waals surface area contributed by atoms with Gasteiger partial charge >= 0.3 is 0 Å². The van der Waals surface area contributed by atoms with E-state index in [0.29, 0.717) is 0 Å². The number of hydrogen-bond acceptors (Lipinski definition) is 4. The summed E-state index contributed by atoms with van der Waals surface area (Å²) in [6, 6.07) is 32.5. The molecule has 0 saturated heterocycles. The largest absolute Gasteiger partial charge is 0.300 e. The van der Waals surface area contributed by atoms with Crippen molar-refractivity contribution >= 4 is 40.2 Å². The smallest absolute Gasteiger partial charge is 0.231 e. The Morgan fingerprint density at radius 1 is 0.738 bits per heavy atom. The number of nitrogens with zero attached hydrogens (tertiary/aromatic N) is 3. The molecule has 8 rings (SSSR count). The van der Waals surface area contributed by atoms with Gasteiger partial charge < -0.3 is 0 Å². The van der Waals surface area contributed by atoms with E-state index in [1.165, 1.54) is 26.1 Å². The van der Waals surface area contributed by atoms with Crippen molar-refractivity contribution in [3.05, 3.63) is 138 Å². The molecule has 1 aromatic heterocycles. The third-order valence-corrected chi connectivity index (χ3v) is 10.2. The normalized spacial score (nSPS) is 21.3. The summed E-state index contributed by atoms with van der Waals surface area (Å²) in [6.07, 6.45) is 13.5. The van der Waals surface area contributed by atoms with Crippen LogP contribution < -0.4 is 4.90 Å². The highest BCUT2D eigenvalue weighted by atomic mass is 32.2. The first kappa shape index (κ1) is 25.3. The van der Waals surface area contributed by atoms with Crippen LogP contribution in [0.15, 0.2) is 131 Å². The third kappa shape index (κ3) is 3.75. The van der Waals surface area contributed by atoms with Gasteiger partial charge in [-0.2, -0.15) is 0 Å². The van der Waals surface area contributed by atoms with Gasteiger partial charge in [-0.1, -0.05) is 128 Å². The molecule has 2 aliphatic carbocycles. The van der Waals surface area contributed by atoms with Gasteiger partial charge in [0.25, 0.3) is 0 Å². The highest BCUT2D eigenvalue weighted by molar-refractivity contribution is 7.99. The monoisotopic (exact) mass is 561 g/mol. The van der Waals surface area contributed by atoms with E-state index >= 15 is 0 Å². The quantitative estimate of drug-likeness (QED) is 0.214. The molecular formula is C38H31N3S. The van der Waals surface area contributed by atoms with Crippen LogP contribution in [-0.4, -0.2) is 9.97 Å². The summed E-state index contributed by atoms with van der Waals surface area (Å²) in [6.45, 7) is 6.89. The van der Waals surface area contributed by atoms with Crippen LogP contribution >= 0.6 is 11.8 Å². The molecule has 1 aliphatic heterocycles. The summed E-state index contributed by atoms with van der Waals surface area (Å²) in [5, 5.41) is 2.41. The Labute approximate surface area is 251 Å². The SMILES string of the molecule is CC12C=CC=CC1c1nc(N3c4ccccc4Sc4ccccc4C3(C)C)nc(-c3cccc4ccccc34)c1C=C2. The van der Waals surface area contributed by atoms with Crippen LogP contribution in [0.2, 0.25) is 0 Å². The Morgan fingerprint density at radius 2 is 1.50 bits per heavy atom. The van der Waals surface area contributed by atoms with Gasteiger partial charge in [0.15, 0.2) is 0 Å². The molecule has 42 heavy (non-hydrogen) atoms. The molecule has 204 valence electrons. The van der Waals surface area contributed by atoms with Crippen molar-refractivity contribution in [2.45, 2.75) is 42.0 Å². The van der Waals surface area contributed by atoms with Gasteiger partial charge in [0.05, 0.1) is 22.6 Å². The highest BCUT2D eigenvalue weighted by Gasteiger charge is 2.41. The standard InChI is InChI=1S/C38H31N3S/c1-37(2)29-17-6-8-20-32(29)42-33-21-9-7-19-31(33)41(37)36-39-34(27-16-12-14-25-13-4-5-15-26(25)27)28-22-24-38(3)23-11-10-18-30(38)35(28)40-36/h4-24,30H,1-3H3. The molecule has 3 nitrogen and oxygen atoms in total. The van der Waals surface area contributed by atoms with Gasteiger partial charge in [0, 0.05) is 32.3 Å². The molecule has 2 atom stereocenters. The molecular weight excluding hydrogens is 531 g/mol. The van der Waals surface area contributed by atoms with E-state index in [2.05, 4.69) is 153 Å². The van der Waals surface area contributed by atoms with Crippen LogP contribution in [0.3, 0.4) is 0 Å². The average Bonchev–Trinajstić information content (AvgIpc) is 3.11. The fourth-order valence-corrected chi connectivity index (χ4v) is 8.08. The second-order valence-electron chi connectivity index (χ2n) is 12.1. The topological polar surface area (TPSA) is 29.0 Å². The van der Waals surface area contributed by atoms with Crippen LogP contribution in [0, 0.1) is 5.41 Å². The number of aromatic nitrogens is 2. The molecule has 0 radical (unpaired) electrons. The number of rotatable bonds is 2. The third-order valence-electron chi connectivity index (χ3n) is 9.08.